The monoisotopic (exact) mass is 413 g/mol. The summed E-state index contributed by atoms with van der Waals surface area (Å²) in [5.74, 6) is 1.30. The van der Waals surface area contributed by atoms with Gasteiger partial charge in [0.05, 0.1) is 33.5 Å². The molecule has 0 bridgehead atoms. The van der Waals surface area contributed by atoms with E-state index < -0.39 is 0 Å². The fourth-order valence-corrected chi connectivity index (χ4v) is 3.90. The number of likely N-dealkylation sites (tertiary alicyclic amines) is 1. The number of esters is 1. The van der Waals surface area contributed by atoms with Gasteiger partial charge in [0.25, 0.3) is 0 Å². The van der Waals surface area contributed by atoms with Gasteiger partial charge in [-0.1, -0.05) is 30.3 Å². The van der Waals surface area contributed by atoms with Gasteiger partial charge in [0, 0.05) is 19.0 Å². The summed E-state index contributed by atoms with van der Waals surface area (Å²) in [7, 11) is 4.59. The first kappa shape index (κ1) is 22.0. The number of ether oxygens (including phenoxy) is 4. The van der Waals surface area contributed by atoms with Gasteiger partial charge >= 0.3 is 5.97 Å². The largest absolute Gasteiger partial charge is 0.493 e. The lowest BCUT2D eigenvalue weighted by atomic mass is 9.98. The Morgan fingerprint density at radius 1 is 1.03 bits per heavy atom. The fourth-order valence-electron chi connectivity index (χ4n) is 3.90. The third kappa shape index (κ3) is 5.66. The van der Waals surface area contributed by atoms with Crippen molar-refractivity contribution in [1.82, 2.24) is 4.90 Å². The first-order chi connectivity index (χ1) is 14.6. The van der Waals surface area contributed by atoms with Crippen LogP contribution in [0.15, 0.2) is 42.5 Å². The fraction of sp³-hybridized carbons (Fsp3) is 0.458. The van der Waals surface area contributed by atoms with Gasteiger partial charge in [-0.25, -0.2) is 4.79 Å². The summed E-state index contributed by atoms with van der Waals surface area (Å²) in [6.45, 7) is 3.50. The Morgan fingerprint density at radius 3 is 2.37 bits per heavy atom. The third-order valence-corrected chi connectivity index (χ3v) is 5.51. The molecule has 0 radical (unpaired) electrons. The standard InChI is InChI=1S/C24H31NO5/c1-27-21-14-20(15-22(28-2)23(21)29-3)24(26)30-17-19-10-7-12-25(16-19)13-11-18-8-5-4-6-9-18/h4-6,8-9,14-15,19H,7,10-13,16-17H2,1-3H3. The van der Waals surface area contributed by atoms with E-state index in [4.69, 9.17) is 18.9 Å². The second-order valence-corrected chi connectivity index (χ2v) is 7.56. The van der Waals surface area contributed by atoms with Crippen molar-refractivity contribution in [3.63, 3.8) is 0 Å². The molecule has 0 saturated carbocycles. The highest BCUT2D eigenvalue weighted by atomic mass is 16.5. The number of nitrogens with zero attached hydrogens (tertiary/aromatic N) is 1. The molecule has 1 aliphatic heterocycles. The Kier molecular flexibility index (Phi) is 7.97. The Balaban J connectivity index is 1.54. The van der Waals surface area contributed by atoms with Crippen LogP contribution in [0.1, 0.15) is 28.8 Å². The zero-order chi connectivity index (χ0) is 21.3. The molecule has 0 aliphatic carbocycles. The number of rotatable bonds is 9. The van der Waals surface area contributed by atoms with Gasteiger partial charge in [-0.2, -0.15) is 0 Å². The average Bonchev–Trinajstić information content (AvgIpc) is 2.81. The van der Waals surface area contributed by atoms with E-state index in [9.17, 15) is 4.79 Å². The van der Waals surface area contributed by atoms with E-state index in [-0.39, 0.29) is 5.97 Å². The molecular formula is C24H31NO5. The maximum atomic E-state index is 12.6. The van der Waals surface area contributed by atoms with Gasteiger partial charge in [-0.3, -0.25) is 0 Å². The van der Waals surface area contributed by atoms with Gasteiger partial charge in [-0.05, 0) is 43.5 Å². The minimum atomic E-state index is -0.379. The molecular weight excluding hydrogens is 382 g/mol. The first-order valence-electron chi connectivity index (χ1n) is 10.4. The minimum Gasteiger partial charge on any atom is -0.493 e. The van der Waals surface area contributed by atoms with Gasteiger partial charge in [0.2, 0.25) is 5.75 Å². The normalized spacial score (nSPS) is 16.7. The summed E-state index contributed by atoms with van der Waals surface area (Å²) in [5, 5.41) is 0. The molecule has 0 N–H and O–H groups in total. The van der Waals surface area contributed by atoms with Crippen molar-refractivity contribution >= 4 is 5.97 Å². The molecule has 1 saturated heterocycles. The summed E-state index contributed by atoms with van der Waals surface area (Å²) in [6.07, 6.45) is 3.24. The molecule has 0 amide bonds. The molecule has 162 valence electrons. The van der Waals surface area contributed by atoms with E-state index >= 15 is 0 Å². The highest BCUT2D eigenvalue weighted by molar-refractivity contribution is 5.91. The predicted octanol–water partition coefficient (Wildman–Crippen LogP) is 3.82. The number of benzene rings is 2. The number of piperidine rings is 1. The molecule has 30 heavy (non-hydrogen) atoms. The molecule has 1 heterocycles. The van der Waals surface area contributed by atoms with E-state index in [2.05, 4.69) is 29.2 Å². The van der Waals surface area contributed by atoms with Crippen molar-refractivity contribution in [3.8, 4) is 17.2 Å². The zero-order valence-electron chi connectivity index (χ0n) is 18.1. The van der Waals surface area contributed by atoms with Crippen LogP contribution in [0.3, 0.4) is 0 Å². The Labute approximate surface area is 178 Å². The van der Waals surface area contributed by atoms with E-state index in [0.717, 1.165) is 38.9 Å². The maximum absolute atomic E-state index is 12.6. The van der Waals surface area contributed by atoms with Crippen molar-refractivity contribution < 1.29 is 23.7 Å². The molecule has 0 spiro atoms. The number of hydrogen-bond donors (Lipinski definition) is 0. The molecule has 3 rings (SSSR count). The van der Waals surface area contributed by atoms with Crippen molar-refractivity contribution in [3.05, 3.63) is 53.6 Å². The summed E-state index contributed by atoms with van der Waals surface area (Å²) in [4.78, 5) is 15.1. The molecule has 2 aromatic carbocycles. The summed E-state index contributed by atoms with van der Waals surface area (Å²) in [6, 6.07) is 13.8. The van der Waals surface area contributed by atoms with Crippen molar-refractivity contribution in [1.29, 1.82) is 0 Å². The number of methoxy groups -OCH3 is 3. The predicted molar refractivity (Wildman–Crippen MR) is 116 cm³/mol. The van der Waals surface area contributed by atoms with Gasteiger partial charge < -0.3 is 23.8 Å². The first-order valence-corrected chi connectivity index (χ1v) is 10.4. The van der Waals surface area contributed by atoms with E-state index in [1.807, 2.05) is 6.07 Å². The second kappa shape index (κ2) is 10.9. The minimum absolute atomic E-state index is 0.348. The van der Waals surface area contributed by atoms with E-state index in [0.29, 0.717) is 35.3 Å². The van der Waals surface area contributed by atoms with Crippen LogP contribution in [0, 0.1) is 5.92 Å². The van der Waals surface area contributed by atoms with Crippen molar-refractivity contribution in [2.75, 3.05) is 47.6 Å². The van der Waals surface area contributed by atoms with Crippen LogP contribution in [-0.2, 0) is 11.2 Å². The molecule has 2 aromatic rings. The third-order valence-electron chi connectivity index (χ3n) is 5.51. The Bertz CT molecular complexity index is 799. The van der Waals surface area contributed by atoms with Gasteiger partial charge in [0.1, 0.15) is 0 Å². The summed E-state index contributed by atoms with van der Waals surface area (Å²) >= 11 is 0. The lowest BCUT2D eigenvalue weighted by molar-refractivity contribution is 0.0354. The number of carbonyl (C=O) groups excluding carboxylic acids is 1. The van der Waals surface area contributed by atoms with Crippen LogP contribution in [0.25, 0.3) is 0 Å². The number of hydrogen-bond acceptors (Lipinski definition) is 6. The Hall–Kier alpha value is -2.73. The van der Waals surface area contributed by atoms with Crippen LogP contribution in [0.4, 0.5) is 0 Å². The lowest BCUT2D eigenvalue weighted by Crippen LogP contribution is -2.38. The zero-order valence-corrected chi connectivity index (χ0v) is 18.1. The summed E-state index contributed by atoms with van der Waals surface area (Å²) < 4.78 is 21.6. The average molecular weight is 414 g/mol. The SMILES string of the molecule is COc1cc(C(=O)OCC2CCCN(CCc3ccccc3)C2)cc(OC)c1OC. The maximum Gasteiger partial charge on any atom is 0.338 e. The summed E-state index contributed by atoms with van der Waals surface area (Å²) in [5.41, 5.74) is 1.75. The van der Waals surface area contributed by atoms with Crippen molar-refractivity contribution in [2.24, 2.45) is 5.92 Å². The van der Waals surface area contributed by atoms with Crippen LogP contribution >= 0.6 is 0 Å². The molecule has 1 fully saturated rings. The van der Waals surface area contributed by atoms with Crippen LogP contribution < -0.4 is 14.2 Å². The molecule has 1 atom stereocenters. The molecule has 1 aliphatic rings. The Morgan fingerprint density at radius 2 is 1.73 bits per heavy atom. The molecule has 1 unspecified atom stereocenters. The van der Waals surface area contributed by atoms with Gasteiger partial charge in [-0.15, -0.1) is 0 Å². The molecule has 0 aromatic heterocycles. The highest BCUT2D eigenvalue weighted by Gasteiger charge is 2.23. The van der Waals surface area contributed by atoms with E-state index in [1.54, 1.807) is 12.1 Å². The molecule has 6 nitrogen and oxygen atoms in total. The van der Waals surface area contributed by atoms with Crippen LogP contribution in [0.5, 0.6) is 17.2 Å². The quantitative estimate of drug-likeness (QED) is 0.583. The van der Waals surface area contributed by atoms with E-state index in [1.165, 1.54) is 26.9 Å². The van der Waals surface area contributed by atoms with Crippen molar-refractivity contribution in [2.45, 2.75) is 19.3 Å². The second-order valence-electron chi connectivity index (χ2n) is 7.56. The molecule has 6 heteroatoms. The highest BCUT2D eigenvalue weighted by Crippen LogP contribution is 2.38. The topological polar surface area (TPSA) is 57.2 Å². The lowest BCUT2D eigenvalue weighted by Gasteiger charge is -2.32. The van der Waals surface area contributed by atoms with Crippen LogP contribution in [-0.4, -0.2) is 58.4 Å². The smallest absolute Gasteiger partial charge is 0.338 e. The van der Waals surface area contributed by atoms with Gasteiger partial charge in [0.15, 0.2) is 11.5 Å². The van der Waals surface area contributed by atoms with Crippen LogP contribution in [0.2, 0.25) is 0 Å². The number of carbonyl (C=O) groups is 1.